The minimum atomic E-state index is -0.959. The van der Waals surface area contributed by atoms with Gasteiger partial charge in [0.25, 0.3) is 0 Å². The number of aliphatic carboxylic acids is 1. The zero-order valence-corrected chi connectivity index (χ0v) is 10.1. The molecule has 0 aromatic heterocycles. The number of benzene rings is 1. The van der Waals surface area contributed by atoms with Crippen LogP contribution in [0.3, 0.4) is 0 Å². The van der Waals surface area contributed by atoms with Gasteiger partial charge in [0.2, 0.25) is 0 Å². The lowest BCUT2D eigenvalue weighted by Gasteiger charge is -2.25. The third kappa shape index (κ3) is 2.68. The van der Waals surface area contributed by atoms with Gasteiger partial charge in [-0.15, -0.1) is 0 Å². The molecule has 1 aliphatic carbocycles. The second-order valence-electron chi connectivity index (χ2n) is 4.46. The number of rotatable bonds is 4. The molecule has 3 N–H and O–H groups in total. The topological polar surface area (TPSA) is 63.3 Å². The molecular formula is C15H17NO2. The van der Waals surface area contributed by atoms with Crippen molar-refractivity contribution in [3.8, 4) is 0 Å². The van der Waals surface area contributed by atoms with E-state index in [-0.39, 0.29) is 5.92 Å². The summed E-state index contributed by atoms with van der Waals surface area (Å²) in [6.07, 6.45) is 7.86. The van der Waals surface area contributed by atoms with Crippen LogP contribution in [-0.4, -0.2) is 17.1 Å². The molecule has 3 nitrogen and oxygen atoms in total. The molecule has 18 heavy (non-hydrogen) atoms. The van der Waals surface area contributed by atoms with Gasteiger partial charge in [0.1, 0.15) is 6.04 Å². The van der Waals surface area contributed by atoms with Gasteiger partial charge in [0, 0.05) is 5.92 Å². The van der Waals surface area contributed by atoms with Crippen LogP contribution < -0.4 is 5.73 Å². The lowest BCUT2D eigenvalue weighted by molar-refractivity contribution is -0.138. The van der Waals surface area contributed by atoms with E-state index in [0.717, 1.165) is 24.0 Å². The number of carboxylic acid groups (broad SMARTS) is 1. The van der Waals surface area contributed by atoms with Crippen LogP contribution in [0, 0.1) is 0 Å². The molecular weight excluding hydrogens is 226 g/mol. The highest BCUT2D eigenvalue weighted by atomic mass is 16.4. The van der Waals surface area contributed by atoms with E-state index in [2.05, 4.69) is 6.08 Å². The monoisotopic (exact) mass is 243 g/mol. The minimum Gasteiger partial charge on any atom is -0.480 e. The molecule has 0 spiro atoms. The van der Waals surface area contributed by atoms with Crippen molar-refractivity contribution in [3.05, 3.63) is 59.7 Å². The summed E-state index contributed by atoms with van der Waals surface area (Å²) in [5.74, 6) is -1.20. The Kier molecular flexibility index (Phi) is 3.95. The van der Waals surface area contributed by atoms with Gasteiger partial charge in [-0.1, -0.05) is 54.1 Å². The molecule has 0 radical (unpaired) electrons. The van der Waals surface area contributed by atoms with Crippen LogP contribution >= 0.6 is 0 Å². The summed E-state index contributed by atoms with van der Waals surface area (Å²) in [5, 5.41) is 9.17. The van der Waals surface area contributed by atoms with Gasteiger partial charge in [-0.2, -0.15) is 0 Å². The van der Waals surface area contributed by atoms with Gasteiger partial charge < -0.3 is 10.8 Å². The molecule has 1 unspecified atom stereocenters. The van der Waals surface area contributed by atoms with Crippen molar-refractivity contribution in [1.82, 2.24) is 0 Å². The fraction of sp³-hybridized carbons (Fsp3) is 0.267. The van der Waals surface area contributed by atoms with Crippen molar-refractivity contribution in [1.29, 1.82) is 0 Å². The number of hydrogen-bond acceptors (Lipinski definition) is 2. The maximum absolute atomic E-state index is 11.2. The fourth-order valence-corrected chi connectivity index (χ4v) is 2.34. The fourth-order valence-electron chi connectivity index (χ4n) is 2.34. The van der Waals surface area contributed by atoms with Crippen LogP contribution in [0.5, 0.6) is 0 Å². The van der Waals surface area contributed by atoms with Gasteiger partial charge in [-0.05, 0) is 18.4 Å². The number of nitrogens with two attached hydrogens (primary N) is 1. The van der Waals surface area contributed by atoms with Gasteiger partial charge in [0.15, 0.2) is 0 Å². The zero-order valence-electron chi connectivity index (χ0n) is 10.1. The van der Waals surface area contributed by atoms with Crippen LogP contribution in [-0.2, 0) is 4.79 Å². The van der Waals surface area contributed by atoms with Crippen molar-refractivity contribution >= 4 is 5.97 Å². The summed E-state index contributed by atoms with van der Waals surface area (Å²) in [7, 11) is 0. The molecule has 2 rings (SSSR count). The molecule has 0 fully saturated rings. The van der Waals surface area contributed by atoms with E-state index in [0.29, 0.717) is 0 Å². The Balaban J connectivity index is 2.37. The first-order chi connectivity index (χ1) is 8.70. The predicted molar refractivity (Wildman–Crippen MR) is 71.3 cm³/mol. The van der Waals surface area contributed by atoms with Gasteiger partial charge in [-0.3, -0.25) is 4.79 Å². The number of allylic oxidation sites excluding steroid dienone is 3. The van der Waals surface area contributed by atoms with Crippen LogP contribution in [0.4, 0.5) is 0 Å². The van der Waals surface area contributed by atoms with Crippen LogP contribution in [0.25, 0.3) is 0 Å². The molecule has 0 aliphatic heterocycles. The predicted octanol–water partition coefficient (Wildman–Crippen LogP) is 2.46. The van der Waals surface area contributed by atoms with E-state index >= 15 is 0 Å². The van der Waals surface area contributed by atoms with E-state index in [1.54, 1.807) is 0 Å². The molecule has 0 amide bonds. The Bertz CT molecular complexity index is 477. The van der Waals surface area contributed by atoms with Crippen LogP contribution in [0.15, 0.2) is 54.1 Å². The van der Waals surface area contributed by atoms with Gasteiger partial charge in [0.05, 0.1) is 0 Å². The van der Waals surface area contributed by atoms with E-state index in [1.807, 2.05) is 42.5 Å². The first-order valence-corrected chi connectivity index (χ1v) is 6.09. The molecule has 0 heterocycles. The Hall–Kier alpha value is -1.87. The highest BCUT2D eigenvalue weighted by Crippen LogP contribution is 2.32. The summed E-state index contributed by atoms with van der Waals surface area (Å²) < 4.78 is 0. The van der Waals surface area contributed by atoms with Crippen LogP contribution in [0.2, 0.25) is 0 Å². The average Bonchev–Trinajstić information content (AvgIpc) is 2.41. The zero-order chi connectivity index (χ0) is 13.0. The first-order valence-electron chi connectivity index (χ1n) is 6.09. The van der Waals surface area contributed by atoms with E-state index < -0.39 is 12.0 Å². The largest absolute Gasteiger partial charge is 0.480 e. The van der Waals surface area contributed by atoms with Crippen molar-refractivity contribution in [2.24, 2.45) is 5.73 Å². The third-order valence-corrected chi connectivity index (χ3v) is 3.25. The SMILES string of the molecule is N[C@H](C(=O)O)C(C1=CC=CCC1)c1ccccc1. The lowest BCUT2D eigenvalue weighted by Crippen LogP contribution is -2.37. The number of hydrogen-bond donors (Lipinski definition) is 2. The summed E-state index contributed by atoms with van der Waals surface area (Å²) in [5.41, 5.74) is 7.92. The van der Waals surface area contributed by atoms with Crippen LogP contribution in [0.1, 0.15) is 24.3 Å². The Labute approximate surface area is 107 Å². The Morgan fingerprint density at radius 2 is 2.00 bits per heavy atom. The van der Waals surface area contributed by atoms with Crippen molar-refractivity contribution in [3.63, 3.8) is 0 Å². The molecule has 1 aromatic rings. The molecule has 0 saturated heterocycles. The quantitative estimate of drug-likeness (QED) is 0.853. The molecule has 2 atom stereocenters. The van der Waals surface area contributed by atoms with Crippen molar-refractivity contribution in [2.75, 3.05) is 0 Å². The number of carbonyl (C=O) groups is 1. The van der Waals surface area contributed by atoms with Gasteiger partial charge in [-0.25, -0.2) is 0 Å². The smallest absolute Gasteiger partial charge is 0.321 e. The average molecular weight is 243 g/mol. The van der Waals surface area contributed by atoms with E-state index in [1.165, 1.54) is 0 Å². The molecule has 1 aliphatic rings. The minimum absolute atomic E-state index is 0.242. The second kappa shape index (κ2) is 5.65. The Morgan fingerprint density at radius 3 is 2.56 bits per heavy atom. The van der Waals surface area contributed by atoms with Crippen molar-refractivity contribution in [2.45, 2.75) is 24.8 Å². The molecule has 1 aromatic carbocycles. The standard InChI is InChI=1S/C15H17NO2/c16-14(15(17)18)13(11-7-3-1-4-8-11)12-9-5-2-6-10-12/h1-5,7-9,13-14H,6,10,16H2,(H,17,18)/t13?,14-/m0/s1. The van der Waals surface area contributed by atoms with Gasteiger partial charge >= 0.3 is 5.97 Å². The molecule has 94 valence electrons. The summed E-state index contributed by atoms with van der Waals surface area (Å²) >= 11 is 0. The molecule has 0 saturated carbocycles. The highest BCUT2D eigenvalue weighted by Gasteiger charge is 2.28. The molecule has 0 bridgehead atoms. The summed E-state index contributed by atoms with van der Waals surface area (Å²) in [4.78, 5) is 11.2. The summed E-state index contributed by atoms with van der Waals surface area (Å²) in [6, 6.07) is 8.72. The number of carboxylic acids is 1. The maximum Gasteiger partial charge on any atom is 0.321 e. The lowest BCUT2D eigenvalue weighted by atomic mass is 9.81. The first kappa shape index (κ1) is 12.6. The third-order valence-electron chi connectivity index (χ3n) is 3.25. The van der Waals surface area contributed by atoms with Crippen molar-refractivity contribution < 1.29 is 9.90 Å². The summed E-state index contributed by atoms with van der Waals surface area (Å²) in [6.45, 7) is 0. The highest BCUT2D eigenvalue weighted by molar-refractivity contribution is 5.75. The van der Waals surface area contributed by atoms with E-state index in [4.69, 9.17) is 5.73 Å². The normalized spacial score (nSPS) is 17.9. The maximum atomic E-state index is 11.2. The van der Waals surface area contributed by atoms with E-state index in [9.17, 15) is 9.90 Å². The second-order valence-corrected chi connectivity index (χ2v) is 4.46. The Morgan fingerprint density at radius 1 is 1.28 bits per heavy atom. The molecule has 3 heteroatoms.